The first-order chi connectivity index (χ1) is 4.34. The Labute approximate surface area is 61.2 Å². The van der Waals surface area contributed by atoms with Gasteiger partial charge in [-0.1, -0.05) is 0 Å². The van der Waals surface area contributed by atoms with Crippen LogP contribution < -0.4 is 5.73 Å². The first-order valence-corrected chi connectivity index (χ1v) is 2.61. The second kappa shape index (κ2) is 3.07. The zero-order valence-corrected chi connectivity index (χ0v) is 5.32. The summed E-state index contributed by atoms with van der Waals surface area (Å²) in [6, 6.07) is -1.15. The van der Waals surface area contributed by atoms with Crippen molar-refractivity contribution < 1.29 is 15.0 Å². The van der Waals surface area contributed by atoms with Crippen LogP contribution in [0.3, 0.4) is 0 Å². The molecule has 10 heavy (non-hydrogen) atoms. The van der Waals surface area contributed by atoms with E-state index < -0.39 is 23.8 Å². The smallest absolute Gasteiger partial charge is 0.304 e. The van der Waals surface area contributed by atoms with Crippen molar-refractivity contribution in [2.24, 2.45) is 5.73 Å². The summed E-state index contributed by atoms with van der Waals surface area (Å²) >= 11 is 0. The van der Waals surface area contributed by atoms with E-state index in [-0.39, 0.29) is 0 Å². The Bertz CT molecular complexity index is 133. The normalized spacial score (nSPS) is 14.6. The molecule has 0 bridgehead atoms. The number of carbonyl (C=O) groups is 1. The average Bonchev–Trinajstić information content (AvgIpc) is 1.60. The predicted octanol–water partition coefficient (Wildman–Crippen LogP) is -2.23. The van der Waals surface area contributed by atoms with Crippen LogP contribution in [-0.2, 0) is 4.79 Å². The Morgan fingerprint density at radius 2 is 2.10 bits per heavy atom. The lowest BCUT2D eigenvalue weighted by Crippen LogP contribution is -2.50. The maximum absolute atomic E-state index is 9.95. The van der Waals surface area contributed by atoms with Crippen LogP contribution in [0.1, 0.15) is 6.42 Å². The molecule has 1 unspecified atom stereocenters. The molecule has 4 radical (unpaired) electrons. The highest BCUT2D eigenvalue weighted by Gasteiger charge is 2.23. The molecular formula is C4H7B2NO3. The van der Waals surface area contributed by atoms with Crippen molar-refractivity contribution in [1.29, 1.82) is 0 Å². The molecular weight excluding hydrogens is 132 g/mol. The van der Waals surface area contributed by atoms with Crippen molar-refractivity contribution in [2.75, 3.05) is 0 Å². The van der Waals surface area contributed by atoms with E-state index in [0.29, 0.717) is 0 Å². The highest BCUT2D eigenvalue weighted by molar-refractivity contribution is 6.39. The van der Waals surface area contributed by atoms with Gasteiger partial charge in [-0.2, -0.15) is 0 Å². The molecule has 0 aromatic heterocycles. The standard InChI is InChI=1S/C4H7B2NO3/c5-4(6,10)2(7)1-3(8)9/h2,10H,1,7H2,(H,8,9). The van der Waals surface area contributed by atoms with Crippen LogP contribution in [-0.4, -0.2) is 43.3 Å². The van der Waals surface area contributed by atoms with Crippen LogP contribution in [0, 0.1) is 0 Å². The highest BCUT2D eigenvalue weighted by atomic mass is 16.4. The second-order valence-electron chi connectivity index (χ2n) is 2.09. The van der Waals surface area contributed by atoms with Gasteiger partial charge in [-0.25, -0.2) is 0 Å². The van der Waals surface area contributed by atoms with E-state index in [1.165, 1.54) is 0 Å². The van der Waals surface area contributed by atoms with Gasteiger partial charge in [0.15, 0.2) is 0 Å². The molecule has 0 heterocycles. The van der Waals surface area contributed by atoms with Gasteiger partial charge in [-0.05, 0) is 0 Å². The molecule has 0 aliphatic heterocycles. The Morgan fingerprint density at radius 1 is 1.70 bits per heavy atom. The maximum Gasteiger partial charge on any atom is 0.304 e. The first-order valence-electron chi connectivity index (χ1n) is 2.61. The Kier molecular flexibility index (Phi) is 2.93. The van der Waals surface area contributed by atoms with Gasteiger partial charge in [-0.3, -0.25) is 4.79 Å². The number of hydrogen-bond acceptors (Lipinski definition) is 3. The zero-order valence-electron chi connectivity index (χ0n) is 5.32. The molecule has 1 atom stereocenters. The highest BCUT2D eigenvalue weighted by Crippen LogP contribution is 2.01. The van der Waals surface area contributed by atoms with Crippen molar-refractivity contribution in [3.05, 3.63) is 0 Å². The first kappa shape index (κ1) is 9.52. The zero-order chi connectivity index (χ0) is 8.36. The average molecular weight is 139 g/mol. The molecule has 0 aromatic carbocycles. The van der Waals surface area contributed by atoms with Crippen LogP contribution in [0.5, 0.6) is 0 Å². The van der Waals surface area contributed by atoms with Crippen molar-refractivity contribution in [3.63, 3.8) is 0 Å². The van der Waals surface area contributed by atoms with Gasteiger partial charge in [0.25, 0.3) is 0 Å². The number of aliphatic hydroxyl groups is 1. The molecule has 0 spiro atoms. The third-order valence-electron chi connectivity index (χ3n) is 0.989. The lowest BCUT2D eigenvalue weighted by molar-refractivity contribution is -0.137. The van der Waals surface area contributed by atoms with Gasteiger partial charge in [0.1, 0.15) is 15.7 Å². The van der Waals surface area contributed by atoms with Crippen LogP contribution in [0.25, 0.3) is 0 Å². The third-order valence-corrected chi connectivity index (χ3v) is 0.989. The molecule has 0 amide bonds. The molecule has 4 N–H and O–H groups in total. The fourth-order valence-electron chi connectivity index (χ4n) is 0.352. The maximum atomic E-state index is 9.95. The number of nitrogens with two attached hydrogens (primary N) is 1. The molecule has 0 aliphatic rings. The summed E-state index contributed by atoms with van der Waals surface area (Å²) in [5.41, 5.74) is 5.07. The summed E-state index contributed by atoms with van der Waals surface area (Å²) in [6.07, 6.45) is -0.455. The molecule has 6 heteroatoms. The molecule has 0 fully saturated rings. The minimum Gasteiger partial charge on any atom is -0.481 e. The van der Waals surface area contributed by atoms with Crippen molar-refractivity contribution in [3.8, 4) is 0 Å². The second-order valence-corrected chi connectivity index (χ2v) is 2.09. The minimum absolute atomic E-state index is 0.455. The van der Waals surface area contributed by atoms with Gasteiger partial charge < -0.3 is 15.9 Å². The van der Waals surface area contributed by atoms with E-state index >= 15 is 0 Å². The number of carboxylic acids is 1. The fraction of sp³-hybridized carbons (Fsp3) is 0.750. The van der Waals surface area contributed by atoms with Gasteiger partial charge in [0.05, 0.1) is 6.42 Å². The Balaban J connectivity index is 3.85. The minimum atomic E-state index is -2.11. The van der Waals surface area contributed by atoms with E-state index in [0.717, 1.165) is 0 Å². The quantitative estimate of drug-likeness (QED) is 0.386. The third kappa shape index (κ3) is 3.53. The van der Waals surface area contributed by atoms with E-state index in [1.807, 2.05) is 0 Å². The van der Waals surface area contributed by atoms with E-state index in [2.05, 4.69) is 0 Å². The summed E-state index contributed by atoms with van der Waals surface area (Å²) < 4.78 is 0. The number of rotatable bonds is 3. The van der Waals surface area contributed by atoms with Crippen LogP contribution in [0.2, 0.25) is 0 Å². The SMILES string of the molecule is [B]C([B])(O)C(N)CC(=O)O. The molecule has 0 rings (SSSR count). The van der Waals surface area contributed by atoms with Gasteiger partial charge in [-0.15, -0.1) is 0 Å². The van der Waals surface area contributed by atoms with Gasteiger partial charge in [0, 0.05) is 11.4 Å². The molecule has 4 nitrogen and oxygen atoms in total. The summed E-state index contributed by atoms with van der Waals surface area (Å²) in [7, 11) is 9.74. The summed E-state index contributed by atoms with van der Waals surface area (Å²) in [4.78, 5) is 9.95. The number of carboxylic acid groups (broad SMARTS) is 1. The number of hydrogen-bond donors (Lipinski definition) is 3. The van der Waals surface area contributed by atoms with Crippen LogP contribution in [0.15, 0.2) is 0 Å². The van der Waals surface area contributed by atoms with Crippen molar-refractivity contribution in [1.82, 2.24) is 0 Å². The summed E-state index contributed by atoms with van der Waals surface area (Å²) in [5, 5.41) is 14.7. The topological polar surface area (TPSA) is 83.5 Å². The lowest BCUT2D eigenvalue weighted by Gasteiger charge is -2.24. The largest absolute Gasteiger partial charge is 0.481 e. The van der Waals surface area contributed by atoms with Crippen LogP contribution in [0.4, 0.5) is 0 Å². The Hall–Kier alpha value is -0.480. The monoisotopic (exact) mass is 139 g/mol. The number of aliphatic carboxylic acids is 1. The van der Waals surface area contributed by atoms with Crippen molar-refractivity contribution in [2.45, 2.75) is 17.9 Å². The molecule has 0 saturated heterocycles. The summed E-state index contributed by atoms with van der Waals surface area (Å²) in [6.45, 7) is 0. The van der Waals surface area contributed by atoms with E-state index in [4.69, 9.17) is 31.6 Å². The van der Waals surface area contributed by atoms with Crippen LogP contribution >= 0.6 is 0 Å². The fourth-order valence-corrected chi connectivity index (χ4v) is 0.352. The molecule has 0 aromatic rings. The molecule has 0 saturated carbocycles. The van der Waals surface area contributed by atoms with Gasteiger partial charge in [0.2, 0.25) is 0 Å². The molecule has 0 aliphatic carbocycles. The lowest BCUT2D eigenvalue weighted by atomic mass is 9.60. The Morgan fingerprint density at radius 3 is 2.20 bits per heavy atom. The van der Waals surface area contributed by atoms with Gasteiger partial charge >= 0.3 is 5.97 Å². The van der Waals surface area contributed by atoms with E-state index in [9.17, 15) is 4.79 Å². The van der Waals surface area contributed by atoms with Crippen molar-refractivity contribution >= 4 is 21.7 Å². The molecule has 52 valence electrons. The summed E-state index contributed by atoms with van der Waals surface area (Å²) in [5.74, 6) is -1.15. The van der Waals surface area contributed by atoms with E-state index in [1.54, 1.807) is 0 Å². The predicted molar refractivity (Wildman–Crippen MR) is 36.7 cm³/mol.